The summed E-state index contributed by atoms with van der Waals surface area (Å²) in [4.78, 5) is 25.3. The van der Waals surface area contributed by atoms with Crippen LogP contribution in [0.2, 0.25) is 5.02 Å². The Morgan fingerprint density at radius 2 is 1.91 bits per heavy atom. The first-order valence-corrected chi connectivity index (χ1v) is 15.8. The Labute approximate surface area is 257 Å². The number of hydrogen-bond donors (Lipinski definition) is 2. The van der Waals surface area contributed by atoms with Crippen molar-refractivity contribution in [3.05, 3.63) is 98.4 Å². The molecule has 2 aromatic carbocycles. The van der Waals surface area contributed by atoms with Crippen molar-refractivity contribution < 1.29 is 8.76 Å². The average Bonchev–Trinajstić information content (AvgIpc) is 3.53. The van der Waals surface area contributed by atoms with E-state index in [2.05, 4.69) is 38.4 Å². The maximum absolute atomic E-state index is 13.8. The molecule has 0 saturated carbocycles. The largest absolute Gasteiger partial charge is 0.772 e. The fourth-order valence-corrected chi connectivity index (χ4v) is 6.25. The molecule has 0 amide bonds. The van der Waals surface area contributed by atoms with E-state index < -0.39 is 11.1 Å². The van der Waals surface area contributed by atoms with Gasteiger partial charge in [0.05, 0.1) is 22.8 Å². The van der Waals surface area contributed by atoms with Gasteiger partial charge in [0.1, 0.15) is 5.65 Å². The highest BCUT2D eigenvalue weighted by molar-refractivity contribution is 7.78. The number of anilines is 3. The van der Waals surface area contributed by atoms with Crippen molar-refractivity contribution in [3.63, 3.8) is 0 Å². The highest BCUT2D eigenvalue weighted by Gasteiger charge is 2.16. The van der Waals surface area contributed by atoms with Crippen LogP contribution in [0.3, 0.4) is 0 Å². The summed E-state index contributed by atoms with van der Waals surface area (Å²) in [5.74, 6) is 6.37. The molecular formula is C32H30ClN6O3S-. The average molecular weight is 614 g/mol. The molecule has 1 fully saturated rings. The topological polar surface area (TPSA) is 115 Å². The van der Waals surface area contributed by atoms with Crippen LogP contribution in [0.25, 0.3) is 11.0 Å². The highest BCUT2D eigenvalue weighted by Crippen LogP contribution is 2.30. The lowest BCUT2D eigenvalue weighted by Crippen LogP contribution is -2.43. The first-order chi connectivity index (χ1) is 20.9. The van der Waals surface area contributed by atoms with E-state index in [1.165, 1.54) is 0 Å². The number of rotatable bonds is 7. The second kappa shape index (κ2) is 13.1. The van der Waals surface area contributed by atoms with Crippen LogP contribution < -0.4 is 21.1 Å². The number of hydrogen-bond acceptors (Lipinski definition) is 8. The van der Waals surface area contributed by atoms with Crippen molar-refractivity contribution in [1.29, 1.82) is 0 Å². The van der Waals surface area contributed by atoms with E-state index in [1.54, 1.807) is 29.0 Å². The Kier molecular flexibility index (Phi) is 8.86. The molecule has 1 saturated heterocycles. The van der Waals surface area contributed by atoms with E-state index in [1.807, 2.05) is 30.3 Å². The van der Waals surface area contributed by atoms with Crippen LogP contribution in [0.1, 0.15) is 36.0 Å². The zero-order valence-corrected chi connectivity index (χ0v) is 25.0. The number of halogens is 1. The molecule has 3 heterocycles. The first kappa shape index (κ1) is 29.1. The maximum Gasteiger partial charge on any atom is 0.268 e. The van der Waals surface area contributed by atoms with E-state index in [4.69, 9.17) is 16.6 Å². The van der Waals surface area contributed by atoms with E-state index in [0.29, 0.717) is 44.4 Å². The first-order valence-electron chi connectivity index (χ1n) is 14.2. The zero-order valence-electron chi connectivity index (χ0n) is 23.4. The van der Waals surface area contributed by atoms with E-state index in [9.17, 15) is 13.6 Å². The molecule has 0 bridgehead atoms. The Balaban J connectivity index is 1.38. The van der Waals surface area contributed by atoms with Gasteiger partial charge in [-0.3, -0.25) is 13.6 Å². The van der Waals surface area contributed by atoms with Crippen molar-refractivity contribution in [2.45, 2.75) is 31.6 Å². The van der Waals surface area contributed by atoms with Crippen LogP contribution in [0.5, 0.6) is 0 Å². The Morgan fingerprint density at radius 3 is 2.65 bits per heavy atom. The van der Waals surface area contributed by atoms with Crippen molar-refractivity contribution in [2.75, 3.05) is 36.4 Å². The molecule has 6 rings (SSSR count). The summed E-state index contributed by atoms with van der Waals surface area (Å²) in [6, 6.07) is 14.7. The lowest BCUT2D eigenvalue weighted by molar-refractivity contribution is 0.536. The van der Waals surface area contributed by atoms with Crippen molar-refractivity contribution in [3.8, 4) is 11.8 Å². The van der Waals surface area contributed by atoms with Gasteiger partial charge in [0, 0.05) is 49.2 Å². The molecule has 9 nitrogen and oxygen atoms in total. The summed E-state index contributed by atoms with van der Waals surface area (Å²) < 4.78 is 24.6. The lowest BCUT2D eigenvalue weighted by Gasteiger charge is -2.30. The van der Waals surface area contributed by atoms with Crippen LogP contribution >= 0.6 is 11.6 Å². The zero-order chi connectivity index (χ0) is 29.8. The summed E-state index contributed by atoms with van der Waals surface area (Å²) >= 11 is 4.38. The van der Waals surface area contributed by atoms with Gasteiger partial charge in [-0.1, -0.05) is 64.9 Å². The summed E-state index contributed by atoms with van der Waals surface area (Å²) in [7, 11) is 0. The van der Waals surface area contributed by atoms with Crippen molar-refractivity contribution in [2.24, 2.45) is 0 Å². The maximum atomic E-state index is 13.8. The van der Waals surface area contributed by atoms with Gasteiger partial charge >= 0.3 is 0 Å². The minimum atomic E-state index is -2.28. The normalized spacial score (nSPS) is 15.6. The van der Waals surface area contributed by atoms with Crippen LogP contribution in [0, 0.1) is 11.8 Å². The van der Waals surface area contributed by atoms with Gasteiger partial charge in [0.15, 0.2) is 0 Å². The third kappa shape index (κ3) is 6.81. The lowest BCUT2D eigenvalue weighted by atomic mass is 10.1. The third-order valence-electron chi connectivity index (χ3n) is 7.61. The second-order valence-electron chi connectivity index (χ2n) is 10.5. The molecule has 1 atom stereocenters. The van der Waals surface area contributed by atoms with Gasteiger partial charge in [0.25, 0.3) is 5.56 Å². The van der Waals surface area contributed by atoms with Gasteiger partial charge in [-0.05, 0) is 60.2 Å². The minimum absolute atomic E-state index is 0.128. The molecule has 1 aliphatic carbocycles. The number of piperazine rings is 1. The summed E-state index contributed by atoms with van der Waals surface area (Å²) in [5.41, 5.74) is 4.50. The highest BCUT2D eigenvalue weighted by atomic mass is 35.5. The third-order valence-corrected chi connectivity index (χ3v) is 8.46. The predicted octanol–water partition coefficient (Wildman–Crippen LogP) is 4.49. The molecule has 2 N–H and O–H groups in total. The number of pyridine rings is 1. The number of benzene rings is 2. The molecule has 0 radical (unpaired) electrons. The quantitative estimate of drug-likeness (QED) is 0.232. The Morgan fingerprint density at radius 1 is 1.09 bits per heavy atom. The number of allylic oxidation sites excluding steroid dienone is 2. The number of nitrogens with zero attached hydrogens (tertiary/aromatic N) is 4. The molecule has 1 unspecified atom stereocenters. The van der Waals surface area contributed by atoms with E-state index in [0.717, 1.165) is 56.7 Å². The van der Waals surface area contributed by atoms with Crippen LogP contribution in [0.15, 0.2) is 71.2 Å². The Bertz CT molecular complexity index is 1860. The van der Waals surface area contributed by atoms with Gasteiger partial charge < -0.3 is 20.1 Å². The van der Waals surface area contributed by atoms with E-state index >= 15 is 0 Å². The SMILES string of the molecule is O=c1c(C#CC2=CCCC2)cc2cnc(Nc3ccc(N4CCNCC4)c(Cl)c3)nc2n1Cc1ccccc1CS(=O)[O-]. The molecule has 2 aromatic heterocycles. The van der Waals surface area contributed by atoms with Gasteiger partial charge in [-0.2, -0.15) is 4.98 Å². The van der Waals surface area contributed by atoms with Gasteiger partial charge in [-0.15, -0.1) is 0 Å². The van der Waals surface area contributed by atoms with Crippen LogP contribution in [-0.2, 0) is 23.4 Å². The molecule has 0 spiro atoms. The number of fused-ring (bicyclic) bond motifs is 1. The fourth-order valence-electron chi connectivity index (χ4n) is 5.41. The van der Waals surface area contributed by atoms with E-state index in [-0.39, 0.29) is 17.9 Å². The molecule has 1 aliphatic heterocycles. The molecular weight excluding hydrogens is 584 g/mol. The summed E-state index contributed by atoms with van der Waals surface area (Å²) in [5, 5.41) is 7.84. The fraction of sp³-hybridized carbons (Fsp3) is 0.281. The molecule has 220 valence electrons. The second-order valence-corrected chi connectivity index (χ2v) is 11.8. The van der Waals surface area contributed by atoms with Crippen molar-refractivity contribution in [1.82, 2.24) is 19.9 Å². The van der Waals surface area contributed by atoms with Crippen LogP contribution in [0.4, 0.5) is 17.3 Å². The van der Waals surface area contributed by atoms with Gasteiger partial charge in [0.2, 0.25) is 5.95 Å². The Hall–Kier alpha value is -4.01. The molecule has 11 heteroatoms. The predicted molar refractivity (Wildman–Crippen MR) is 171 cm³/mol. The standard InChI is InChI=1S/C32H31ClN6O3S/c33-28-18-27(11-12-29(28)38-15-13-34-14-16-38)36-32-35-19-26-17-23(10-9-22-5-1-2-6-22)31(40)39(30(26)37-32)20-24-7-3-4-8-25(24)21-43(41)42/h3-5,7-8,11-12,17-19,34H,1-2,6,13-16,20-21H2,(H,41,42)(H,35,36,37)/p-1. The summed E-state index contributed by atoms with van der Waals surface area (Å²) in [6.07, 6.45) is 6.74. The van der Waals surface area contributed by atoms with Crippen molar-refractivity contribution >= 4 is 51.0 Å². The van der Waals surface area contributed by atoms with Gasteiger partial charge in [-0.25, -0.2) is 4.98 Å². The summed E-state index contributed by atoms with van der Waals surface area (Å²) in [6.45, 7) is 3.72. The molecule has 4 aromatic rings. The number of nitrogens with one attached hydrogen (secondary N) is 2. The molecule has 2 aliphatic rings. The smallest absolute Gasteiger partial charge is 0.268 e. The monoisotopic (exact) mass is 613 g/mol. The minimum Gasteiger partial charge on any atom is -0.772 e. The molecule has 43 heavy (non-hydrogen) atoms. The van der Waals surface area contributed by atoms with Crippen LogP contribution in [-0.4, -0.2) is 49.5 Å². The number of aromatic nitrogens is 3.